The molecule has 1 aliphatic carbocycles. The summed E-state index contributed by atoms with van der Waals surface area (Å²) in [6.45, 7) is 5.69. The third-order valence-corrected chi connectivity index (χ3v) is 5.56. The Morgan fingerprint density at radius 2 is 1.52 bits per heavy atom. The molecular weight excluding hydrogens is 385 g/mol. The molecule has 154 valence electrons. The second-order valence-electron chi connectivity index (χ2n) is 7.31. The van der Waals surface area contributed by atoms with Crippen molar-refractivity contribution in [1.82, 2.24) is 9.80 Å². The molecule has 7 heteroatoms. The van der Waals surface area contributed by atoms with E-state index in [9.17, 15) is 4.79 Å². The Kier molecular flexibility index (Phi) is 11.3. The number of halogens is 2. The first kappa shape index (κ1) is 24.2. The van der Waals surface area contributed by atoms with Gasteiger partial charge >= 0.3 is 0 Å². The van der Waals surface area contributed by atoms with Crippen LogP contribution in [-0.4, -0.2) is 66.7 Å². The fraction of sp³-hybridized carbons (Fsp3) is 0.650. The molecule has 0 aromatic heterocycles. The number of benzene rings is 1. The molecule has 1 amide bonds. The minimum Gasteiger partial charge on any atom is -0.395 e. The van der Waals surface area contributed by atoms with Crippen LogP contribution in [0.15, 0.2) is 24.3 Å². The first-order valence-electron chi connectivity index (χ1n) is 9.70. The summed E-state index contributed by atoms with van der Waals surface area (Å²) in [5, 5.41) is 12.0. The number of nitrogens with one attached hydrogen (secondary N) is 1. The van der Waals surface area contributed by atoms with Gasteiger partial charge in [0.25, 0.3) is 0 Å². The van der Waals surface area contributed by atoms with Crippen LogP contribution in [0.1, 0.15) is 43.6 Å². The lowest BCUT2D eigenvalue weighted by Gasteiger charge is -2.34. The maximum Gasteiger partial charge on any atom is 0.225 e. The zero-order valence-corrected chi connectivity index (χ0v) is 17.6. The Balaban J connectivity index is 0.00000182. The number of hydrogen-bond donors (Lipinski definition) is 2. The predicted molar refractivity (Wildman–Crippen MR) is 115 cm³/mol. The third-order valence-electron chi connectivity index (χ3n) is 5.56. The predicted octanol–water partition coefficient (Wildman–Crippen LogP) is 3.13. The van der Waals surface area contributed by atoms with Crippen molar-refractivity contribution < 1.29 is 9.90 Å². The molecule has 3 rings (SSSR count). The molecule has 5 nitrogen and oxygen atoms in total. The normalized spacial score (nSPS) is 18.6. The van der Waals surface area contributed by atoms with Crippen LogP contribution in [0, 0.1) is 0 Å². The molecule has 27 heavy (non-hydrogen) atoms. The summed E-state index contributed by atoms with van der Waals surface area (Å²) >= 11 is 0. The quantitative estimate of drug-likeness (QED) is 0.715. The summed E-state index contributed by atoms with van der Waals surface area (Å²) in [6.07, 6.45) is 5.83. The lowest BCUT2D eigenvalue weighted by molar-refractivity contribution is -0.116. The number of piperazine rings is 1. The minimum absolute atomic E-state index is 0. The van der Waals surface area contributed by atoms with Crippen molar-refractivity contribution in [3.63, 3.8) is 0 Å². The van der Waals surface area contributed by atoms with Gasteiger partial charge in [0.05, 0.1) is 6.61 Å². The highest BCUT2D eigenvalue weighted by atomic mass is 35.5. The first-order valence-corrected chi connectivity index (χ1v) is 9.70. The number of carbonyl (C=O) groups is 1. The number of anilines is 1. The third kappa shape index (κ3) is 7.59. The second-order valence-corrected chi connectivity index (χ2v) is 7.31. The molecule has 0 radical (unpaired) electrons. The van der Waals surface area contributed by atoms with E-state index in [2.05, 4.69) is 27.2 Å². The van der Waals surface area contributed by atoms with Crippen molar-refractivity contribution in [3.05, 3.63) is 29.8 Å². The van der Waals surface area contributed by atoms with Crippen molar-refractivity contribution in [1.29, 1.82) is 0 Å². The van der Waals surface area contributed by atoms with Crippen LogP contribution in [-0.2, 0) is 4.79 Å². The fourth-order valence-electron chi connectivity index (χ4n) is 3.96. The van der Waals surface area contributed by atoms with E-state index >= 15 is 0 Å². The highest BCUT2D eigenvalue weighted by Gasteiger charge is 2.18. The second kappa shape index (κ2) is 12.6. The van der Waals surface area contributed by atoms with Gasteiger partial charge in [-0.3, -0.25) is 9.69 Å². The molecule has 2 N–H and O–H groups in total. The van der Waals surface area contributed by atoms with Crippen molar-refractivity contribution in [2.24, 2.45) is 0 Å². The van der Waals surface area contributed by atoms with Crippen LogP contribution >= 0.6 is 24.8 Å². The molecule has 0 unspecified atom stereocenters. The van der Waals surface area contributed by atoms with Gasteiger partial charge < -0.3 is 15.3 Å². The molecule has 1 saturated heterocycles. The van der Waals surface area contributed by atoms with Crippen LogP contribution in [0.2, 0.25) is 0 Å². The maximum atomic E-state index is 12.2. The van der Waals surface area contributed by atoms with Gasteiger partial charge in [0.2, 0.25) is 5.91 Å². The van der Waals surface area contributed by atoms with Crippen LogP contribution in [0.3, 0.4) is 0 Å². The van der Waals surface area contributed by atoms with Gasteiger partial charge in [-0.25, -0.2) is 0 Å². The van der Waals surface area contributed by atoms with E-state index in [0.717, 1.165) is 45.0 Å². The van der Waals surface area contributed by atoms with Gasteiger partial charge in [-0.05, 0) is 36.5 Å². The van der Waals surface area contributed by atoms with Crippen molar-refractivity contribution >= 4 is 36.4 Å². The zero-order chi connectivity index (χ0) is 17.5. The van der Waals surface area contributed by atoms with Gasteiger partial charge in [-0.2, -0.15) is 0 Å². The number of β-amino-alcohol motifs (C(OH)–C–C–N with tert-alkyl or cyclic N) is 1. The summed E-state index contributed by atoms with van der Waals surface area (Å²) in [5.41, 5.74) is 2.32. The van der Waals surface area contributed by atoms with E-state index in [1.807, 2.05) is 12.1 Å². The highest BCUT2D eigenvalue weighted by molar-refractivity contribution is 5.90. The van der Waals surface area contributed by atoms with Gasteiger partial charge in [-0.1, -0.05) is 25.0 Å². The van der Waals surface area contributed by atoms with Crippen molar-refractivity contribution in [2.45, 2.75) is 38.0 Å². The van der Waals surface area contributed by atoms with Crippen LogP contribution < -0.4 is 5.32 Å². The number of nitrogens with zero attached hydrogens (tertiary/aromatic N) is 2. The average molecular weight is 418 g/mol. The first-order chi connectivity index (χ1) is 12.2. The molecule has 1 aromatic rings. The number of aliphatic hydroxyl groups is 1. The summed E-state index contributed by atoms with van der Waals surface area (Å²) in [6, 6.07) is 8.43. The molecule has 0 spiro atoms. The molecule has 0 bridgehead atoms. The maximum absolute atomic E-state index is 12.2. The van der Waals surface area contributed by atoms with E-state index in [-0.39, 0.29) is 37.3 Å². The zero-order valence-electron chi connectivity index (χ0n) is 15.9. The number of aliphatic hydroxyl groups excluding tert-OH is 1. The van der Waals surface area contributed by atoms with Crippen molar-refractivity contribution in [3.8, 4) is 0 Å². The van der Waals surface area contributed by atoms with E-state index in [1.165, 1.54) is 31.2 Å². The number of carbonyl (C=O) groups excluding carboxylic acids is 1. The Hall–Kier alpha value is -0.850. The summed E-state index contributed by atoms with van der Waals surface area (Å²) < 4.78 is 0. The monoisotopic (exact) mass is 417 g/mol. The van der Waals surface area contributed by atoms with Crippen LogP contribution in [0.4, 0.5) is 5.69 Å². The van der Waals surface area contributed by atoms with Crippen LogP contribution in [0.5, 0.6) is 0 Å². The molecule has 1 heterocycles. The smallest absolute Gasteiger partial charge is 0.225 e. The van der Waals surface area contributed by atoms with E-state index in [1.54, 1.807) is 0 Å². The number of amides is 1. The fourth-order valence-corrected chi connectivity index (χ4v) is 3.96. The molecule has 2 fully saturated rings. The molecule has 2 aliphatic rings. The van der Waals surface area contributed by atoms with E-state index in [4.69, 9.17) is 5.11 Å². The molecule has 1 aliphatic heterocycles. The van der Waals surface area contributed by atoms with Gasteiger partial charge in [-0.15, -0.1) is 24.8 Å². The Morgan fingerprint density at radius 3 is 2.07 bits per heavy atom. The van der Waals surface area contributed by atoms with Crippen LogP contribution in [0.25, 0.3) is 0 Å². The SMILES string of the molecule is Cl.Cl.O=C(CCN1CCN(CCO)CC1)Nc1ccc(C2CCCC2)cc1. The summed E-state index contributed by atoms with van der Waals surface area (Å²) in [5.74, 6) is 0.806. The van der Waals surface area contributed by atoms with Crippen molar-refractivity contribution in [2.75, 3.05) is 51.2 Å². The lowest BCUT2D eigenvalue weighted by atomic mass is 9.97. The minimum atomic E-state index is 0. The van der Waals surface area contributed by atoms with E-state index < -0.39 is 0 Å². The van der Waals surface area contributed by atoms with E-state index in [0.29, 0.717) is 12.3 Å². The highest BCUT2D eigenvalue weighted by Crippen LogP contribution is 2.34. The Morgan fingerprint density at radius 1 is 0.963 bits per heavy atom. The molecule has 1 aromatic carbocycles. The Bertz CT molecular complexity index is 543. The van der Waals surface area contributed by atoms with Gasteiger partial charge in [0.1, 0.15) is 0 Å². The largest absolute Gasteiger partial charge is 0.395 e. The van der Waals surface area contributed by atoms with Gasteiger partial charge in [0, 0.05) is 51.4 Å². The lowest BCUT2D eigenvalue weighted by Crippen LogP contribution is -2.47. The molecule has 1 saturated carbocycles. The number of hydrogen-bond acceptors (Lipinski definition) is 4. The standard InChI is InChI=1S/C20H31N3O2.2ClH/c24-16-15-23-13-11-22(12-14-23)10-9-20(25)21-19-7-5-18(6-8-19)17-3-1-2-4-17;;/h5-8,17,24H,1-4,9-16H2,(H,21,25);2*1H. The Labute approximate surface area is 175 Å². The molecular formula is C20H33Cl2N3O2. The summed E-state index contributed by atoms with van der Waals surface area (Å²) in [7, 11) is 0. The number of rotatable bonds is 7. The molecule has 0 atom stereocenters. The topological polar surface area (TPSA) is 55.8 Å². The summed E-state index contributed by atoms with van der Waals surface area (Å²) in [4.78, 5) is 16.8. The van der Waals surface area contributed by atoms with Gasteiger partial charge in [0.15, 0.2) is 0 Å². The average Bonchev–Trinajstić information content (AvgIpc) is 3.17.